The van der Waals surface area contributed by atoms with Gasteiger partial charge in [-0.05, 0) is 42.9 Å². The number of hydrogen-bond donors (Lipinski definition) is 2. The minimum Gasteiger partial charge on any atom is -0.497 e. The van der Waals surface area contributed by atoms with Crippen molar-refractivity contribution in [2.75, 3.05) is 20.2 Å². The normalized spacial score (nSPS) is 12.1. The molecule has 2 aromatic rings. The summed E-state index contributed by atoms with van der Waals surface area (Å²) in [4.78, 5) is 4.78. The lowest BCUT2D eigenvalue weighted by Crippen LogP contribution is -2.43. The van der Waals surface area contributed by atoms with E-state index in [-0.39, 0.29) is 5.41 Å². The Morgan fingerprint density at radius 3 is 2.48 bits per heavy atom. The van der Waals surface area contributed by atoms with E-state index in [4.69, 9.17) is 9.73 Å². The minimum atomic E-state index is 0.217. The first-order valence-electron chi connectivity index (χ1n) is 11.3. The van der Waals surface area contributed by atoms with Crippen molar-refractivity contribution in [3.05, 3.63) is 41.5 Å². The lowest BCUT2D eigenvalue weighted by molar-refractivity contribution is 0.318. The van der Waals surface area contributed by atoms with E-state index in [0.29, 0.717) is 6.54 Å². The number of benzene rings is 1. The van der Waals surface area contributed by atoms with Crippen molar-refractivity contribution in [2.24, 2.45) is 17.5 Å². The summed E-state index contributed by atoms with van der Waals surface area (Å²) in [5.41, 5.74) is 1.48. The predicted octanol–water partition coefficient (Wildman–Crippen LogP) is 4.02. The fourth-order valence-corrected chi connectivity index (χ4v) is 3.30. The van der Waals surface area contributed by atoms with Crippen LogP contribution in [0.4, 0.5) is 0 Å². The molecule has 0 aliphatic carbocycles. The van der Waals surface area contributed by atoms with Crippen LogP contribution < -0.4 is 15.4 Å². The number of rotatable bonds is 12. The van der Waals surface area contributed by atoms with Crippen LogP contribution in [-0.4, -0.2) is 40.9 Å². The maximum Gasteiger partial charge on any atom is 0.191 e. The Morgan fingerprint density at radius 2 is 1.87 bits per heavy atom. The van der Waals surface area contributed by atoms with Crippen molar-refractivity contribution in [1.29, 1.82) is 0 Å². The SMILES string of the molecule is CCCCCC(C)(C)CNC(=NCc1nnc(C)n1C)NCCc1ccc(OC)cc1. The fourth-order valence-electron chi connectivity index (χ4n) is 3.30. The largest absolute Gasteiger partial charge is 0.497 e. The molecule has 2 rings (SSSR count). The van der Waals surface area contributed by atoms with Gasteiger partial charge in [0.05, 0.1) is 7.11 Å². The van der Waals surface area contributed by atoms with Gasteiger partial charge in [0.2, 0.25) is 0 Å². The highest BCUT2D eigenvalue weighted by molar-refractivity contribution is 5.79. The summed E-state index contributed by atoms with van der Waals surface area (Å²) in [7, 11) is 3.66. The van der Waals surface area contributed by atoms with Crippen LogP contribution in [0.3, 0.4) is 0 Å². The van der Waals surface area contributed by atoms with E-state index in [0.717, 1.165) is 42.9 Å². The van der Waals surface area contributed by atoms with Crippen molar-refractivity contribution in [1.82, 2.24) is 25.4 Å². The molecule has 7 nitrogen and oxygen atoms in total. The van der Waals surface area contributed by atoms with Crippen molar-refractivity contribution >= 4 is 5.96 Å². The van der Waals surface area contributed by atoms with E-state index in [1.54, 1.807) is 7.11 Å². The highest BCUT2D eigenvalue weighted by Gasteiger charge is 2.18. The van der Waals surface area contributed by atoms with Crippen LogP contribution in [0.1, 0.15) is 63.7 Å². The molecule has 0 aliphatic rings. The monoisotopic (exact) mass is 428 g/mol. The molecule has 1 heterocycles. The number of aromatic nitrogens is 3. The molecule has 31 heavy (non-hydrogen) atoms. The molecule has 0 atom stereocenters. The number of unbranched alkanes of at least 4 members (excludes halogenated alkanes) is 2. The third-order valence-corrected chi connectivity index (χ3v) is 5.62. The Labute approximate surface area is 187 Å². The number of guanidine groups is 1. The summed E-state index contributed by atoms with van der Waals surface area (Å²) in [6, 6.07) is 8.20. The Morgan fingerprint density at radius 1 is 1.13 bits per heavy atom. The van der Waals surface area contributed by atoms with Crippen LogP contribution >= 0.6 is 0 Å². The molecule has 0 bridgehead atoms. The molecule has 0 unspecified atom stereocenters. The summed E-state index contributed by atoms with van der Waals surface area (Å²) in [6.45, 7) is 11.0. The van der Waals surface area contributed by atoms with Crippen LogP contribution in [-0.2, 0) is 20.0 Å². The van der Waals surface area contributed by atoms with E-state index in [2.05, 4.69) is 53.7 Å². The van der Waals surface area contributed by atoms with E-state index in [1.807, 2.05) is 30.7 Å². The Balaban J connectivity index is 1.96. The van der Waals surface area contributed by atoms with Crippen LogP contribution in [0, 0.1) is 12.3 Å². The van der Waals surface area contributed by atoms with Crippen molar-refractivity contribution < 1.29 is 4.74 Å². The first-order valence-corrected chi connectivity index (χ1v) is 11.3. The van der Waals surface area contributed by atoms with Crippen molar-refractivity contribution in [3.8, 4) is 5.75 Å². The van der Waals surface area contributed by atoms with Crippen LogP contribution in [0.5, 0.6) is 5.75 Å². The average Bonchev–Trinajstić information content (AvgIpc) is 3.08. The van der Waals surface area contributed by atoms with Gasteiger partial charge in [-0.15, -0.1) is 10.2 Å². The second-order valence-electron chi connectivity index (χ2n) is 8.89. The zero-order valence-electron chi connectivity index (χ0n) is 20.2. The zero-order valence-corrected chi connectivity index (χ0v) is 20.2. The smallest absolute Gasteiger partial charge is 0.191 e. The van der Waals surface area contributed by atoms with E-state index < -0.39 is 0 Å². The van der Waals surface area contributed by atoms with Gasteiger partial charge in [0, 0.05) is 20.1 Å². The van der Waals surface area contributed by atoms with Gasteiger partial charge >= 0.3 is 0 Å². The molecular weight excluding hydrogens is 388 g/mol. The van der Waals surface area contributed by atoms with Gasteiger partial charge in [-0.2, -0.15) is 0 Å². The maximum absolute atomic E-state index is 5.24. The van der Waals surface area contributed by atoms with Crippen LogP contribution in [0.25, 0.3) is 0 Å². The second-order valence-corrected chi connectivity index (χ2v) is 8.89. The molecule has 172 valence electrons. The topological polar surface area (TPSA) is 76.4 Å². The van der Waals surface area contributed by atoms with Crippen LogP contribution in [0.2, 0.25) is 0 Å². The zero-order chi connectivity index (χ0) is 22.7. The molecule has 0 saturated carbocycles. The Bertz CT molecular complexity index is 810. The van der Waals surface area contributed by atoms with Gasteiger partial charge in [-0.25, -0.2) is 4.99 Å². The first kappa shape index (κ1) is 24.7. The summed E-state index contributed by atoms with van der Waals surface area (Å²) < 4.78 is 7.22. The molecular formula is C24H40N6O. The number of hydrogen-bond acceptors (Lipinski definition) is 4. The number of aliphatic imine (C=N–C) groups is 1. The number of nitrogens with zero attached hydrogens (tertiary/aromatic N) is 4. The molecule has 0 fully saturated rings. The van der Waals surface area contributed by atoms with Crippen molar-refractivity contribution in [3.63, 3.8) is 0 Å². The highest BCUT2D eigenvalue weighted by Crippen LogP contribution is 2.22. The highest BCUT2D eigenvalue weighted by atomic mass is 16.5. The fraction of sp³-hybridized carbons (Fsp3) is 0.625. The van der Waals surface area contributed by atoms with Gasteiger partial charge in [-0.3, -0.25) is 0 Å². The minimum absolute atomic E-state index is 0.217. The summed E-state index contributed by atoms with van der Waals surface area (Å²) in [5, 5.41) is 15.4. The third-order valence-electron chi connectivity index (χ3n) is 5.62. The van der Waals surface area contributed by atoms with Gasteiger partial charge in [0.15, 0.2) is 11.8 Å². The summed E-state index contributed by atoms with van der Waals surface area (Å²) in [6.07, 6.45) is 5.92. The standard InChI is InChI=1S/C24H40N6O/c1-7-8-9-15-24(3,4)18-27-23(26-17-22-29-28-19(2)30(22)5)25-16-14-20-10-12-21(31-6)13-11-20/h10-13H,7-9,14-18H2,1-6H3,(H2,25,26,27). The molecule has 0 aliphatic heterocycles. The lowest BCUT2D eigenvalue weighted by atomic mass is 9.87. The third kappa shape index (κ3) is 8.59. The molecule has 1 aromatic carbocycles. The average molecular weight is 429 g/mol. The van der Waals surface area contributed by atoms with Crippen molar-refractivity contribution in [2.45, 2.75) is 66.3 Å². The van der Waals surface area contributed by atoms with Crippen LogP contribution in [0.15, 0.2) is 29.3 Å². The molecule has 7 heteroatoms. The molecule has 0 spiro atoms. The van der Waals surface area contributed by atoms with Gasteiger partial charge in [0.25, 0.3) is 0 Å². The number of nitrogens with one attached hydrogen (secondary N) is 2. The Hall–Kier alpha value is -2.57. The van der Waals surface area contributed by atoms with Gasteiger partial charge in [0.1, 0.15) is 18.1 Å². The summed E-state index contributed by atoms with van der Waals surface area (Å²) >= 11 is 0. The number of methoxy groups -OCH3 is 1. The van der Waals surface area contributed by atoms with Gasteiger partial charge < -0.3 is 19.9 Å². The summed E-state index contributed by atoms with van der Waals surface area (Å²) in [5.74, 6) is 3.45. The first-order chi connectivity index (χ1) is 14.8. The Kier molecular flexibility index (Phi) is 9.82. The quantitative estimate of drug-likeness (QED) is 0.303. The predicted molar refractivity (Wildman–Crippen MR) is 128 cm³/mol. The second kappa shape index (κ2) is 12.3. The molecule has 1 aromatic heterocycles. The molecule has 2 N–H and O–H groups in total. The van der Waals surface area contributed by atoms with E-state index >= 15 is 0 Å². The molecule has 0 saturated heterocycles. The molecule has 0 radical (unpaired) electrons. The van der Waals surface area contributed by atoms with E-state index in [1.165, 1.54) is 31.2 Å². The number of aryl methyl sites for hydroxylation is 1. The maximum atomic E-state index is 5.24. The molecule has 0 amide bonds. The number of ether oxygens (including phenoxy) is 1. The lowest BCUT2D eigenvalue weighted by Gasteiger charge is -2.26. The van der Waals surface area contributed by atoms with Gasteiger partial charge in [-0.1, -0.05) is 52.2 Å². The van der Waals surface area contributed by atoms with E-state index in [9.17, 15) is 0 Å².